The number of nitrogens with one attached hydrogen (secondary N) is 2. The number of benzene rings is 1. The van der Waals surface area contributed by atoms with Gasteiger partial charge in [0.25, 0.3) is 5.69 Å². The Morgan fingerprint density at radius 1 is 1.48 bits per heavy atom. The molecule has 112 valence electrons. The van der Waals surface area contributed by atoms with Crippen LogP contribution in [0.4, 0.5) is 11.4 Å². The maximum absolute atomic E-state index is 11.1. The molecule has 0 aliphatic rings. The predicted octanol–water partition coefficient (Wildman–Crippen LogP) is 3.14. The number of rotatable bonds is 7. The van der Waals surface area contributed by atoms with E-state index in [0.29, 0.717) is 23.1 Å². The minimum atomic E-state index is -0.358. The summed E-state index contributed by atoms with van der Waals surface area (Å²) in [6.45, 7) is 4.55. The topological polar surface area (TPSA) is 96.7 Å². The number of aromatic amines is 1. The lowest BCUT2D eigenvalue weighted by Crippen LogP contribution is -2.06. The molecule has 1 aromatic heterocycles. The molecule has 0 unspecified atom stereocenters. The lowest BCUT2D eigenvalue weighted by Gasteiger charge is -2.11. The first-order valence-corrected chi connectivity index (χ1v) is 7.62. The normalized spacial score (nSPS) is 10.6. The molecule has 0 radical (unpaired) electrons. The van der Waals surface area contributed by atoms with E-state index in [1.165, 1.54) is 17.8 Å². The minimum absolute atomic E-state index is 0.104. The van der Waals surface area contributed by atoms with Crippen LogP contribution in [0, 0.1) is 17.0 Å². The Balaban J connectivity index is 2.20. The number of thioether (sulfide) groups is 1. The van der Waals surface area contributed by atoms with Crippen LogP contribution in [-0.4, -0.2) is 26.6 Å². The number of nitro groups is 1. The fraction of sp³-hybridized carbons (Fsp3) is 0.385. The van der Waals surface area contributed by atoms with Crippen LogP contribution in [0.25, 0.3) is 0 Å². The van der Waals surface area contributed by atoms with Gasteiger partial charge < -0.3 is 5.32 Å². The summed E-state index contributed by atoms with van der Waals surface area (Å²) in [5.74, 6) is 1.33. The number of hydrogen-bond acceptors (Lipinski definition) is 6. The fourth-order valence-electron chi connectivity index (χ4n) is 1.84. The van der Waals surface area contributed by atoms with Crippen molar-refractivity contribution in [3.63, 3.8) is 0 Å². The molecule has 21 heavy (non-hydrogen) atoms. The third-order valence-corrected chi connectivity index (χ3v) is 3.71. The zero-order valence-corrected chi connectivity index (χ0v) is 12.7. The van der Waals surface area contributed by atoms with E-state index < -0.39 is 0 Å². The Labute approximate surface area is 126 Å². The van der Waals surface area contributed by atoms with Gasteiger partial charge in [-0.05, 0) is 18.9 Å². The predicted molar refractivity (Wildman–Crippen MR) is 82.6 cm³/mol. The van der Waals surface area contributed by atoms with Crippen LogP contribution in [0.5, 0.6) is 0 Å². The first-order valence-electron chi connectivity index (χ1n) is 6.63. The monoisotopic (exact) mass is 307 g/mol. The second kappa shape index (κ2) is 7.07. The van der Waals surface area contributed by atoms with E-state index in [2.05, 4.69) is 20.5 Å². The van der Waals surface area contributed by atoms with Crippen LogP contribution in [-0.2, 0) is 5.75 Å². The lowest BCUT2D eigenvalue weighted by atomic mass is 10.1. The SMILES string of the molecule is CCCNc1c(CSc2n[nH]c(C)n2)cccc1[N+](=O)[O-]. The Hall–Kier alpha value is -2.09. The van der Waals surface area contributed by atoms with Crippen LogP contribution in [0.3, 0.4) is 0 Å². The van der Waals surface area contributed by atoms with Gasteiger partial charge in [0.1, 0.15) is 11.5 Å². The number of nitro benzene ring substituents is 1. The van der Waals surface area contributed by atoms with E-state index in [-0.39, 0.29) is 10.6 Å². The molecule has 1 heterocycles. The molecule has 0 spiro atoms. The molecule has 0 saturated heterocycles. The molecule has 0 atom stereocenters. The van der Waals surface area contributed by atoms with Crippen molar-refractivity contribution < 1.29 is 4.92 Å². The molecular formula is C13H17N5O2S. The highest BCUT2D eigenvalue weighted by Crippen LogP contribution is 2.32. The number of aryl methyl sites for hydroxylation is 1. The molecule has 2 N–H and O–H groups in total. The average Bonchev–Trinajstić information content (AvgIpc) is 2.88. The first kappa shape index (κ1) is 15.3. The van der Waals surface area contributed by atoms with Gasteiger partial charge in [-0.3, -0.25) is 15.2 Å². The van der Waals surface area contributed by atoms with Crippen LogP contribution in [0.15, 0.2) is 23.4 Å². The highest BCUT2D eigenvalue weighted by molar-refractivity contribution is 7.98. The average molecular weight is 307 g/mol. The van der Waals surface area contributed by atoms with Gasteiger partial charge in [-0.25, -0.2) is 4.98 Å². The molecule has 0 amide bonds. The van der Waals surface area contributed by atoms with Crippen LogP contribution in [0.2, 0.25) is 0 Å². The lowest BCUT2D eigenvalue weighted by molar-refractivity contribution is -0.384. The van der Waals surface area contributed by atoms with Crippen LogP contribution in [0.1, 0.15) is 24.7 Å². The molecule has 0 bridgehead atoms. The molecule has 0 aliphatic carbocycles. The summed E-state index contributed by atoms with van der Waals surface area (Å²) in [6.07, 6.45) is 0.902. The zero-order valence-electron chi connectivity index (χ0n) is 11.9. The van der Waals surface area contributed by atoms with Crippen LogP contribution >= 0.6 is 11.8 Å². The number of para-hydroxylation sites is 1. The van der Waals surface area contributed by atoms with E-state index in [1.54, 1.807) is 6.07 Å². The maximum atomic E-state index is 11.1. The fourth-order valence-corrected chi connectivity index (χ4v) is 2.68. The van der Waals surface area contributed by atoms with Crippen LogP contribution < -0.4 is 5.32 Å². The second-order valence-electron chi connectivity index (χ2n) is 4.49. The summed E-state index contributed by atoms with van der Waals surface area (Å²) < 4.78 is 0. The number of nitrogens with zero attached hydrogens (tertiary/aromatic N) is 3. The highest BCUT2D eigenvalue weighted by atomic mass is 32.2. The van der Waals surface area contributed by atoms with Gasteiger partial charge in [0.2, 0.25) is 5.16 Å². The number of hydrogen-bond donors (Lipinski definition) is 2. The van der Waals surface area contributed by atoms with Crippen molar-refractivity contribution in [1.29, 1.82) is 0 Å². The van der Waals surface area contributed by atoms with E-state index >= 15 is 0 Å². The van der Waals surface area contributed by atoms with Gasteiger partial charge >= 0.3 is 0 Å². The Bertz CT molecular complexity index is 629. The second-order valence-corrected chi connectivity index (χ2v) is 5.43. The molecule has 0 fully saturated rings. The maximum Gasteiger partial charge on any atom is 0.292 e. The highest BCUT2D eigenvalue weighted by Gasteiger charge is 2.17. The van der Waals surface area contributed by atoms with Crippen molar-refractivity contribution >= 4 is 23.1 Å². The number of H-pyrrole nitrogens is 1. The van der Waals surface area contributed by atoms with E-state index in [9.17, 15) is 10.1 Å². The van der Waals surface area contributed by atoms with Crippen molar-refractivity contribution in [1.82, 2.24) is 15.2 Å². The van der Waals surface area contributed by atoms with E-state index in [1.807, 2.05) is 19.9 Å². The Morgan fingerprint density at radius 2 is 2.29 bits per heavy atom. The number of aromatic nitrogens is 3. The molecule has 2 rings (SSSR count). The Morgan fingerprint density at radius 3 is 2.90 bits per heavy atom. The largest absolute Gasteiger partial charge is 0.379 e. The van der Waals surface area contributed by atoms with Crippen molar-refractivity contribution in [3.8, 4) is 0 Å². The van der Waals surface area contributed by atoms with E-state index in [4.69, 9.17) is 0 Å². The van der Waals surface area contributed by atoms with Crippen molar-refractivity contribution in [3.05, 3.63) is 39.7 Å². The van der Waals surface area contributed by atoms with Gasteiger partial charge in [-0.15, -0.1) is 5.10 Å². The first-order chi connectivity index (χ1) is 10.1. The third kappa shape index (κ3) is 3.94. The summed E-state index contributed by atoms with van der Waals surface area (Å²) in [7, 11) is 0. The third-order valence-electron chi connectivity index (χ3n) is 2.81. The van der Waals surface area contributed by atoms with E-state index in [0.717, 1.165) is 17.8 Å². The summed E-state index contributed by atoms with van der Waals surface area (Å²) in [6, 6.07) is 5.11. The molecule has 0 aliphatic heterocycles. The molecule has 8 heteroatoms. The van der Waals surface area contributed by atoms with Gasteiger partial charge in [-0.1, -0.05) is 30.8 Å². The van der Waals surface area contributed by atoms with Gasteiger partial charge in [0.15, 0.2) is 0 Å². The quantitative estimate of drug-likeness (QED) is 0.463. The zero-order chi connectivity index (χ0) is 15.2. The van der Waals surface area contributed by atoms with Crippen molar-refractivity contribution in [2.45, 2.75) is 31.2 Å². The van der Waals surface area contributed by atoms with Crippen molar-refractivity contribution in [2.75, 3.05) is 11.9 Å². The molecule has 2 aromatic rings. The molecule has 0 saturated carbocycles. The molecule has 1 aromatic carbocycles. The molecular weight excluding hydrogens is 290 g/mol. The summed E-state index contributed by atoms with van der Waals surface area (Å²) in [5, 5.41) is 21.8. The van der Waals surface area contributed by atoms with Gasteiger partial charge in [0, 0.05) is 18.4 Å². The summed E-state index contributed by atoms with van der Waals surface area (Å²) in [5.41, 5.74) is 1.57. The Kier molecular flexibility index (Phi) is 5.15. The number of anilines is 1. The van der Waals surface area contributed by atoms with Crippen molar-refractivity contribution in [2.24, 2.45) is 0 Å². The standard InChI is InChI=1S/C13H17N5O2S/c1-3-7-14-12-10(5-4-6-11(12)18(19)20)8-21-13-15-9(2)16-17-13/h4-6,14H,3,7-8H2,1-2H3,(H,15,16,17). The molecule has 7 nitrogen and oxygen atoms in total. The van der Waals surface area contributed by atoms with Gasteiger partial charge in [-0.2, -0.15) is 0 Å². The minimum Gasteiger partial charge on any atom is -0.379 e. The summed E-state index contributed by atoms with van der Waals surface area (Å²) in [4.78, 5) is 15.0. The van der Waals surface area contributed by atoms with Gasteiger partial charge in [0.05, 0.1) is 4.92 Å². The smallest absolute Gasteiger partial charge is 0.292 e. The summed E-state index contributed by atoms with van der Waals surface area (Å²) >= 11 is 1.45.